The van der Waals surface area contributed by atoms with Gasteiger partial charge in [0.2, 0.25) is 5.67 Å². The fourth-order valence-electron chi connectivity index (χ4n) is 2.45. The van der Waals surface area contributed by atoms with E-state index in [9.17, 15) is 18.4 Å². The summed E-state index contributed by atoms with van der Waals surface area (Å²) >= 11 is 0. The van der Waals surface area contributed by atoms with Gasteiger partial charge in [-0.15, -0.1) is 0 Å². The quantitative estimate of drug-likeness (QED) is 0.762. The van der Waals surface area contributed by atoms with E-state index in [1.807, 2.05) is 0 Å². The molecule has 1 saturated heterocycles. The van der Waals surface area contributed by atoms with E-state index in [1.54, 1.807) is 0 Å². The lowest BCUT2D eigenvalue weighted by molar-refractivity contribution is -0.149. The number of hydrogen-bond acceptors (Lipinski definition) is 4. The smallest absolute Gasteiger partial charge is 0.343 e. The van der Waals surface area contributed by atoms with Crippen LogP contribution in [0.1, 0.15) is 22.3 Å². The molecule has 1 heterocycles. The first-order valence-electron chi connectivity index (χ1n) is 7.44. The van der Waals surface area contributed by atoms with Gasteiger partial charge in [0.05, 0.1) is 26.4 Å². The van der Waals surface area contributed by atoms with Crippen LogP contribution in [0.5, 0.6) is 0 Å². The molecule has 1 atom stereocenters. The van der Waals surface area contributed by atoms with Gasteiger partial charge in [-0.3, -0.25) is 4.79 Å². The number of hydrogen-bond donors (Lipinski definition) is 1. The summed E-state index contributed by atoms with van der Waals surface area (Å²) < 4.78 is 37.9. The summed E-state index contributed by atoms with van der Waals surface area (Å²) in [6, 6.07) is 3.76. The first-order chi connectivity index (χ1) is 11.4. The highest BCUT2D eigenvalue weighted by molar-refractivity contribution is 5.95. The van der Waals surface area contributed by atoms with E-state index < -0.39 is 29.9 Å². The van der Waals surface area contributed by atoms with Crippen molar-refractivity contribution in [1.29, 1.82) is 0 Å². The van der Waals surface area contributed by atoms with Crippen LogP contribution in [-0.4, -0.2) is 61.0 Å². The molecule has 0 spiro atoms. The van der Waals surface area contributed by atoms with E-state index >= 15 is 0 Å². The molecule has 1 aliphatic heterocycles. The van der Waals surface area contributed by atoms with E-state index in [1.165, 1.54) is 19.2 Å². The fourth-order valence-corrected chi connectivity index (χ4v) is 2.45. The number of alkyl halides is 1. The van der Waals surface area contributed by atoms with Crippen molar-refractivity contribution in [3.05, 3.63) is 35.1 Å². The molecule has 1 aliphatic rings. The Labute approximate surface area is 138 Å². The summed E-state index contributed by atoms with van der Waals surface area (Å²) in [5.74, 6) is -2.63. The largest absolute Gasteiger partial charge is 0.479 e. The van der Waals surface area contributed by atoms with Crippen LogP contribution in [0.4, 0.5) is 8.78 Å². The number of carbonyl (C=O) groups excluding carboxylic acids is 1. The van der Waals surface area contributed by atoms with Crippen molar-refractivity contribution >= 4 is 11.9 Å². The molecule has 8 heteroatoms. The van der Waals surface area contributed by atoms with Gasteiger partial charge in [-0.05, 0) is 18.2 Å². The third-order valence-corrected chi connectivity index (χ3v) is 3.87. The van der Waals surface area contributed by atoms with E-state index in [0.29, 0.717) is 6.61 Å². The number of ether oxygens (including phenoxy) is 2. The third-order valence-electron chi connectivity index (χ3n) is 3.87. The van der Waals surface area contributed by atoms with Gasteiger partial charge in [-0.2, -0.15) is 0 Å². The Morgan fingerprint density at radius 1 is 1.38 bits per heavy atom. The monoisotopic (exact) mass is 343 g/mol. The normalized spacial score (nSPS) is 20.4. The van der Waals surface area contributed by atoms with Gasteiger partial charge < -0.3 is 19.5 Å². The highest BCUT2D eigenvalue weighted by atomic mass is 19.1. The number of methoxy groups -OCH3 is 1. The van der Waals surface area contributed by atoms with E-state index in [4.69, 9.17) is 14.6 Å². The van der Waals surface area contributed by atoms with Crippen LogP contribution in [-0.2, 0) is 20.9 Å². The number of benzene rings is 1. The average molecular weight is 343 g/mol. The van der Waals surface area contributed by atoms with Crippen molar-refractivity contribution in [2.75, 3.05) is 33.4 Å². The standard InChI is InChI=1S/C16H19F2NO5/c1-23-6-7-24-9-12-8-11(2-3-13(12)17)14(20)19-5-4-16(18,10-19)15(21)22/h2-3,8H,4-7,9-10H2,1H3,(H,21,22). The van der Waals surface area contributed by atoms with Crippen LogP contribution in [0, 0.1) is 5.82 Å². The maximum Gasteiger partial charge on any atom is 0.343 e. The number of aliphatic carboxylic acids is 1. The predicted molar refractivity (Wildman–Crippen MR) is 79.9 cm³/mol. The summed E-state index contributed by atoms with van der Waals surface area (Å²) in [7, 11) is 1.52. The number of carboxylic acid groups (broad SMARTS) is 1. The second-order valence-electron chi connectivity index (χ2n) is 5.60. The molecule has 132 valence electrons. The van der Waals surface area contributed by atoms with Gasteiger partial charge in [0, 0.05) is 31.2 Å². The minimum absolute atomic E-state index is 0.00131. The molecule has 1 aromatic carbocycles. The van der Waals surface area contributed by atoms with E-state index in [0.717, 1.165) is 11.0 Å². The zero-order valence-corrected chi connectivity index (χ0v) is 13.3. The number of carbonyl (C=O) groups is 2. The molecule has 0 aromatic heterocycles. The van der Waals surface area contributed by atoms with Crippen molar-refractivity contribution in [2.45, 2.75) is 18.7 Å². The Balaban J connectivity index is 2.06. The Bertz CT molecular complexity index is 624. The minimum Gasteiger partial charge on any atom is -0.479 e. The van der Waals surface area contributed by atoms with Gasteiger partial charge in [-0.1, -0.05) is 0 Å². The molecule has 1 fully saturated rings. The van der Waals surface area contributed by atoms with Gasteiger partial charge in [0.15, 0.2) is 0 Å². The van der Waals surface area contributed by atoms with Crippen molar-refractivity contribution in [1.82, 2.24) is 4.90 Å². The van der Waals surface area contributed by atoms with Crippen LogP contribution < -0.4 is 0 Å². The van der Waals surface area contributed by atoms with Gasteiger partial charge in [0.1, 0.15) is 5.82 Å². The summed E-state index contributed by atoms with van der Waals surface area (Å²) in [5.41, 5.74) is -2.07. The highest BCUT2D eigenvalue weighted by Gasteiger charge is 2.47. The molecule has 24 heavy (non-hydrogen) atoms. The van der Waals surface area contributed by atoms with Crippen molar-refractivity contribution in [2.24, 2.45) is 0 Å². The molecular weight excluding hydrogens is 324 g/mol. The zero-order chi connectivity index (χ0) is 17.7. The highest BCUT2D eigenvalue weighted by Crippen LogP contribution is 2.27. The molecule has 0 saturated carbocycles. The number of likely N-dealkylation sites (tertiary alicyclic amines) is 1. The minimum atomic E-state index is -2.43. The van der Waals surface area contributed by atoms with Crippen LogP contribution in [0.3, 0.4) is 0 Å². The maximum atomic E-state index is 14.1. The van der Waals surface area contributed by atoms with Crippen molar-refractivity contribution < 1.29 is 33.0 Å². The topological polar surface area (TPSA) is 76.1 Å². The van der Waals surface area contributed by atoms with Crippen LogP contribution in [0.15, 0.2) is 18.2 Å². The maximum absolute atomic E-state index is 14.1. The lowest BCUT2D eigenvalue weighted by atomic mass is 10.1. The SMILES string of the molecule is COCCOCc1cc(C(=O)N2CCC(F)(C(=O)O)C2)ccc1F. The summed E-state index contributed by atoms with van der Waals surface area (Å²) in [6.07, 6.45) is -0.262. The van der Waals surface area contributed by atoms with Crippen molar-refractivity contribution in [3.63, 3.8) is 0 Å². The molecule has 1 N–H and O–H groups in total. The average Bonchev–Trinajstić information content (AvgIpc) is 2.96. The molecule has 2 rings (SSSR count). The van der Waals surface area contributed by atoms with Crippen LogP contribution >= 0.6 is 0 Å². The Morgan fingerprint density at radius 2 is 2.12 bits per heavy atom. The van der Waals surface area contributed by atoms with E-state index in [-0.39, 0.29) is 37.3 Å². The summed E-state index contributed by atoms with van der Waals surface area (Å²) in [5, 5.41) is 8.87. The zero-order valence-electron chi connectivity index (χ0n) is 13.3. The molecular formula is C16H19F2NO5. The number of amides is 1. The molecule has 1 aromatic rings. The van der Waals surface area contributed by atoms with Gasteiger partial charge in [-0.25, -0.2) is 13.6 Å². The lowest BCUT2D eigenvalue weighted by Crippen LogP contribution is -2.38. The van der Waals surface area contributed by atoms with Crippen molar-refractivity contribution in [3.8, 4) is 0 Å². The number of carboxylic acids is 1. The Morgan fingerprint density at radius 3 is 2.75 bits per heavy atom. The third kappa shape index (κ3) is 4.07. The van der Waals surface area contributed by atoms with Crippen LogP contribution in [0.2, 0.25) is 0 Å². The molecule has 1 amide bonds. The number of halogens is 2. The Hall–Kier alpha value is -2.06. The number of rotatable bonds is 7. The summed E-state index contributed by atoms with van der Waals surface area (Å²) in [4.78, 5) is 24.4. The van der Waals surface area contributed by atoms with E-state index in [2.05, 4.69) is 0 Å². The van der Waals surface area contributed by atoms with Gasteiger partial charge >= 0.3 is 5.97 Å². The first kappa shape index (κ1) is 18.3. The molecule has 0 aliphatic carbocycles. The molecule has 0 radical (unpaired) electrons. The molecule has 1 unspecified atom stereocenters. The first-order valence-corrected chi connectivity index (χ1v) is 7.44. The fraction of sp³-hybridized carbons (Fsp3) is 0.500. The second kappa shape index (κ2) is 7.67. The summed E-state index contributed by atoms with van der Waals surface area (Å²) in [6.45, 7) is 0.0976. The number of nitrogens with zero attached hydrogens (tertiary/aromatic N) is 1. The van der Waals surface area contributed by atoms with Crippen LogP contribution in [0.25, 0.3) is 0 Å². The van der Waals surface area contributed by atoms with Gasteiger partial charge in [0.25, 0.3) is 5.91 Å². The molecule has 0 bridgehead atoms. The molecule has 6 nitrogen and oxygen atoms in total. The Kier molecular flexibility index (Phi) is 5.84. The lowest BCUT2D eigenvalue weighted by Gasteiger charge is -2.18. The second-order valence-corrected chi connectivity index (χ2v) is 5.60. The predicted octanol–water partition coefficient (Wildman–Crippen LogP) is 1.63.